The van der Waals surface area contributed by atoms with E-state index in [1.165, 1.54) is 11.3 Å². The molecule has 1 aromatic heterocycles. The van der Waals surface area contributed by atoms with Gasteiger partial charge in [-0.05, 0) is 19.1 Å². The van der Waals surface area contributed by atoms with Crippen LogP contribution in [0.15, 0.2) is 23.6 Å². The minimum absolute atomic E-state index is 0.239. The molecule has 2 aromatic rings. The number of nitrogens with zero attached hydrogens (tertiary/aromatic N) is 1. The van der Waals surface area contributed by atoms with Crippen LogP contribution in [0.3, 0.4) is 0 Å². The molecule has 0 radical (unpaired) electrons. The zero-order chi connectivity index (χ0) is 13.2. The first-order chi connectivity index (χ1) is 9.24. The minimum Gasteiger partial charge on any atom is -0.486 e. The first-order valence-corrected chi connectivity index (χ1v) is 6.74. The van der Waals surface area contributed by atoms with E-state index in [0.29, 0.717) is 35.4 Å². The van der Waals surface area contributed by atoms with Crippen molar-refractivity contribution >= 4 is 22.4 Å². The highest BCUT2D eigenvalue weighted by molar-refractivity contribution is 7.13. The Labute approximate surface area is 114 Å². The van der Waals surface area contributed by atoms with Gasteiger partial charge in [0.15, 0.2) is 16.6 Å². The molecule has 98 valence electrons. The molecule has 0 spiro atoms. The molecular formula is C13H12N2O3S. The number of para-hydroxylation sites is 1. The Morgan fingerprint density at radius 2 is 2.21 bits per heavy atom. The molecule has 1 amide bonds. The second-order valence-electron chi connectivity index (χ2n) is 4.08. The van der Waals surface area contributed by atoms with Crippen molar-refractivity contribution in [2.75, 3.05) is 18.5 Å². The fourth-order valence-corrected chi connectivity index (χ4v) is 2.51. The van der Waals surface area contributed by atoms with Gasteiger partial charge in [0.05, 0.1) is 11.3 Å². The van der Waals surface area contributed by atoms with Crippen LogP contribution in [0.1, 0.15) is 16.1 Å². The average molecular weight is 276 g/mol. The molecule has 1 aliphatic rings. The van der Waals surface area contributed by atoms with E-state index < -0.39 is 0 Å². The molecule has 3 rings (SSSR count). The largest absolute Gasteiger partial charge is 0.486 e. The van der Waals surface area contributed by atoms with Crippen LogP contribution in [-0.2, 0) is 0 Å². The summed E-state index contributed by atoms with van der Waals surface area (Å²) in [5.74, 6) is 0.866. The van der Waals surface area contributed by atoms with E-state index in [-0.39, 0.29) is 5.91 Å². The molecule has 0 atom stereocenters. The van der Waals surface area contributed by atoms with Crippen molar-refractivity contribution in [2.45, 2.75) is 6.92 Å². The Balaban J connectivity index is 1.87. The molecule has 5 nitrogen and oxygen atoms in total. The van der Waals surface area contributed by atoms with Crippen LogP contribution >= 0.6 is 11.3 Å². The van der Waals surface area contributed by atoms with Crippen molar-refractivity contribution in [2.24, 2.45) is 0 Å². The minimum atomic E-state index is -0.239. The molecule has 0 saturated heterocycles. The third-order valence-corrected chi connectivity index (χ3v) is 3.53. The molecule has 0 fully saturated rings. The van der Waals surface area contributed by atoms with Gasteiger partial charge in [0.2, 0.25) is 0 Å². The van der Waals surface area contributed by atoms with Crippen molar-refractivity contribution in [3.63, 3.8) is 0 Å². The van der Waals surface area contributed by atoms with Crippen LogP contribution < -0.4 is 14.8 Å². The number of rotatable bonds is 2. The highest BCUT2D eigenvalue weighted by Gasteiger charge is 2.20. The molecule has 0 bridgehead atoms. The number of aryl methyl sites for hydroxylation is 1. The second kappa shape index (κ2) is 4.89. The summed E-state index contributed by atoms with van der Waals surface area (Å²) in [6, 6.07) is 5.28. The van der Waals surface area contributed by atoms with Gasteiger partial charge in [-0.15, -0.1) is 11.3 Å². The maximum atomic E-state index is 12.2. The fraction of sp³-hybridized carbons (Fsp3) is 0.231. The van der Waals surface area contributed by atoms with E-state index in [9.17, 15) is 4.79 Å². The molecular weight excluding hydrogens is 264 g/mol. The number of anilines is 1. The number of aromatic nitrogens is 1. The monoisotopic (exact) mass is 276 g/mol. The van der Waals surface area contributed by atoms with Crippen LogP contribution in [0.4, 0.5) is 5.13 Å². The number of thiazole rings is 1. The third-order valence-electron chi connectivity index (χ3n) is 2.65. The Kier molecular flexibility index (Phi) is 3.08. The molecule has 19 heavy (non-hydrogen) atoms. The average Bonchev–Trinajstić information content (AvgIpc) is 2.83. The van der Waals surface area contributed by atoms with E-state index in [1.54, 1.807) is 18.2 Å². The molecule has 1 aliphatic heterocycles. The van der Waals surface area contributed by atoms with Crippen LogP contribution in [-0.4, -0.2) is 24.1 Å². The predicted octanol–water partition coefficient (Wildman–Crippen LogP) is 2.48. The van der Waals surface area contributed by atoms with Gasteiger partial charge in [-0.25, -0.2) is 4.98 Å². The smallest absolute Gasteiger partial charge is 0.261 e. The summed E-state index contributed by atoms with van der Waals surface area (Å²) in [4.78, 5) is 16.4. The number of hydrogen-bond donors (Lipinski definition) is 1. The summed E-state index contributed by atoms with van der Waals surface area (Å²) in [5, 5.41) is 5.23. The van der Waals surface area contributed by atoms with E-state index in [1.807, 2.05) is 12.3 Å². The number of ether oxygens (including phenoxy) is 2. The normalized spacial score (nSPS) is 13.1. The van der Waals surface area contributed by atoms with Gasteiger partial charge in [-0.2, -0.15) is 0 Å². The van der Waals surface area contributed by atoms with Gasteiger partial charge >= 0.3 is 0 Å². The molecule has 1 aromatic carbocycles. The van der Waals surface area contributed by atoms with Crippen LogP contribution in [0.2, 0.25) is 0 Å². The lowest BCUT2D eigenvalue weighted by molar-refractivity contribution is 0.101. The van der Waals surface area contributed by atoms with Gasteiger partial charge in [0.1, 0.15) is 13.2 Å². The maximum Gasteiger partial charge on any atom is 0.261 e. The SMILES string of the molecule is Cc1csc(NC(=O)c2cccc3c2OCCO3)n1. The van der Waals surface area contributed by atoms with Crippen LogP contribution in [0, 0.1) is 6.92 Å². The lowest BCUT2D eigenvalue weighted by atomic mass is 10.1. The summed E-state index contributed by atoms with van der Waals surface area (Å²) in [6.07, 6.45) is 0. The highest BCUT2D eigenvalue weighted by atomic mass is 32.1. The molecule has 6 heteroatoms. The van der Waals surface area contributed by atoms with Crippen molar-refractivity contribution in [3.05, 3.63) is 34.8 Å². The Morgan fingerprint density at radius 1 is 1.37 bits per heavy atom. The number of carbonyl (C=O) groups is 1. The first-order valence-electron chi connectivity index (χ1n) is 5.86. The van der Waals surface area contributed by atoms with Crippen molar-refractivity contribution in [3.8, 4) is 11.5 Å². The fourth-order valence-electron chi connectivity index (χ4n) is 1.83. The topological polar surface area (TPSA) is 60.5 Å². The Hall–Kier alpha value is -2.08. The molecule has 2 heterocycles. The van der Waals surface area contributed by atoms with Gasteiger partial charge in [0.25, 0.3) is 5.91 Å². The Bertz CT molecular complexity index is 624. The first kappa shape index (κ1) is 12.0. The molecule has 0 saturated carbocycles. The van der Waals surface area contributed by atoms with E-state index in [0.717, 1.165) is 5.69 Å². The third kappa shape index (κ3) is 2.39. The summed E-state index contributed by atoms with van der Waals surface area (Å²) in [5.41, 5.74) is 1.35. The number of hydrogen-bond acceptors (Lipinski definition) is 5. The molecule has 0 aliphatic carbocycles. The lowest BCUT2D eigenvalue weighted by Gasteiger charge is -2.20. The van der Waals surface area contributed by atoms with E-state index in [4.69, 9.17) is 9.47 Å². The van der Waals surface area contributed by atoms with Crippen molar-refractivity contribution < 1.29 is 14.3 Å². The zero-order valence-corrected chi connectivity index (χ0v) is 11.1. The summed E-state index contributed by atoms with van der Waals surface area (Å²) >= 11 is 1.39. The van der Waals surface area contributed by atoms with Gasteiger partial charge in [-0.3, -0.25) is 10.1 Å². The number of benzene rings is 1. The summed E-state index contributed by atoms with van der Waals surface area (Å²) in [7, 11) is 0. The van der Waals surface area contributed by atoms with Crippen LogP contribution in [0.5, 0.6) is 11.5 Å². The van der Waals surface area contributed by atoms with Gasteiger partial charge in [0, 0.05) is 5.38 Å². The number of carbonyl (C=O) groups excluding carboxylic acids is 1. The maximum absolute atomic E-state index is 12.2. The highest BCUT2D eigenvalue weighted by Crippen LogP contribution is 2.34. The van der Waals surface area contributed by atoms with Gasteiger partial charge < -0.3 is 9.47 Å². The number of nitrogens with one attached hydrogen (secondary N) is 1. The van der Waals surface area contributed by atoms with Gasteiger partial charge in [-0.1, -0.05) is 6.07 Å². The standard InChI is InChI=1S/C13H12N2O3S/c1-8-7-19-13(14-8)15-12(16)9-3-2-4-10-11(9)18-6-5-17-10/h2-4,7H,5-6H2,1H3,(H,14,15,16). The number of fused-ring (bicyclic) bond motifs is 1. The summed E-state index contributed by atoms with van der Waals surface area (Å²) in [6.45, 7) is 2.84. The lowest BCUT2D eigenvalue weighted by Crippen LogP contribution is -2.20. The van der Waals surface area contributed by atoms with Crippen molar-refractivity contribution in [1.29, 1.82) is 0 Å². The van der Waals surface area contributed by atoms with E-state index in [2.05, 4.69) is 10.3 Å². The quantitative estimate of drug-likeness (QED) is 0.915. The Morgan fingerprint density at radius 3 is 3.00 bits per heavy atom. The van der Waals surface area contributed by atoms with Crippen molar-refractivity contribution in [1.82, 2.24) is 4.98 Å². The van der Waals surface area contributed by atoms with E-state index >= 15 is 0 Å². The molecule has 0 unspecified atom stereocenters. The zero-order valence-electron chi connectivity index (χ0n) is 10.3. The summed E-state index contributed by atoms with van der Waals surface area (Å²) < 4.78 is 11.0. The van der Waals surface area contributed by atoms with Crippen LogP contribution in [0.25, 0.3) is 0 Å². The molecule has 1 N–H and O–H groups in total. The predicted molar refractivity (Wildman–Crippen MR) is 72.2 cm³/mol. The number of amides is 1. The second-order valence-corrected chi connectivity index (χ2v) is 4.94.